The molecule has 2 aromatic heterocycles. The molecule has 0 N–H and O–H groups in total. The van der Waals surface area contributed by atoms with Crippen LogP contribution in [0.1, 0.15) is 0 Å². The molecule has 2 rings (SSSR count). The van der Waals surface area contributed by atoms with Crippen LogP contribution in [-0.4, -0.2) is 9.97 Å². The summed E-state index contributed by atoms with van der Waals surface area (Å²) in [5, 5.41) is 0.339. The van der Waals surface area contributed by atoms with Gasteiger partial charge in [0.2, 0.25) is 0 Å². The molecule has 5 heteroatoms. The van der Waals surface area contributed by atoms with Crippen molar-refractivity contribution in [2.45, 2.75) is 5.22 Å². The van der Waals surface area contributed by atoms with Gasteiger partial charge in [0.25, 0.3) is 5.22 Å². The summed E-state index contributed by atoms with van der Waals surface area (Å²) in [6, 6.07) is 1.80. The van der Waals surface area contributed by atoms with Crippen LogP contribution in [0.4, 0.5) is 0 Å². The Balaban J connectivity index is 2.82. The molecule has 0 amide bonds. The first kappa shape index (κ1) is 7.12. The quantitative estimate of drug-likeness (QED) is 0.707. The molecular formula is C6H3BrN2OS. The van der Waals surface area contributed by atoms with Crippen molar-refractivity contribution in [3.8, 4) is 0 Å². The average molecular weight is 231 g/mol. The minimum absolute atomic E-state index is 0.339. The molecule has 0 aliphatic carbocycles. The van der Waals surface area contributed by atoms with Crippen LogP contribution in [0.3, 0.4) is 0 Å². The third-order valence-electron chi connectivity index (χ3n) is 1.20. The van der Waals surface area contributed by atoms with E-state index in [4.69, 9.17) is 4.42 Å². The summed E-state index contributed by atoms with van der Waals surface area (Å²) in [4.78, 5) is 7.92. The van der Waals surface area contributed by atoms with Crippen molar-refractivity contribution in [2.75, 3.05) is 0 Å². The van der Waals surface area contributed by atoms with E-state index in [0.29, 0.717) is 16.5 Å². The van der Waals surface area contributed by atoms with E-state index in [0.717, 1.165) is 4.47 Å². The van der Waals surface area contributed by atoms with E-state index >= 15 is 0 Å². The second-order valence-electron chi connectivity index (χ2n) is 1.97. The monoisotopic (exact) mass is 230 g/mol. The van der Waals surface area contributed by atoms with Gasteiger partial charge < -0.3 is 4.42 Å². The summed E-state index contributed by atoms with van der Waals surface area (Å²) in [5.41, 5.74) is 1.22. The molecule has 0 aliphatic heterocycles. The Hall–Kier alpha value is -0.550. The number of oxazole rings is 1. The van der Waals surface area contributed by atoms with E-state index in [9.17, 15) is 0 Å². The zero-order valence-electron chi connectivity index (χ0n) is 5.28. The van der Waals surface area contributed by atoms with Crippen LogP contribution in [0.15, 0.2) is 26.4 Å². The molecule has 0 radical (unpaired) electrons. The molecular weight excluding hydrogens is 228 g/mol. The summed E-state index contributed by atoms with van der Waals surface area (Å²) in [5.74, 6) is 0. The van der Waals surface area contributed by atoms with Crippen molar-refractivity contribution in [3.05, 3.63) is 16.7 Å². The van der Waals surface area contributed by atoms with Crippen LogP contribution in [0.2, 0.25) is 0 Å². The van der Waals surface area contributed by atoms with Gasteiger partial charge in [0.05, 0.1) is 0 Å². The van der Waals surface area contributed by atoms with Gasteiger partial charge >= 0.3 is 0 Å². The first-order valence-corrected chi connectivity index (χ1v) is 4.11. The first-order valence-electron chi connectivity index (χ1n) is 2.87. The lowest BCUT2D eigenvalue weighted by molar-refractivity contribution is 0.492. The van der Waals surface area contributed by atoms with Gasteiger partial charge in [0, 0.05) is 16.7 Å². The third-order valence-corrected chi connectivity index (χ3v) is 1.83. The molecule has 0 bridgehead atoms. The van der Waals surface area contributed by atoms with Gasteiger partial charge in [0.1, 0.15) is 0 Å². The Kier molecular flexibility index (Phi) is 1.61. The molecule has 0 fully saturated rings. The zero-order chi connectivity index (χ0) is 7.84. The lowest BCUT2D eigenvalue weighted by Gasteiger charge is -1.85. The second kappa shape index (κ2) is 2.49. The van der Waals surface area contributed by atoms with Gasteiger partial charge in [-0.15, -0.1) is 0 Å². The largest absolute Gasteiger partial charge is 0.430 e. The van der Waals surface area contributed by atoms with Crippen molar-refractivity contribution in [1.29, 1.82) is 0 Å². The number of halogens is 1. The van der Waals surface area contributed by atoms with E-state index in [1.165, 1.54) is 0 Å². The molecule has 0 spiro atoms. The SMILES string of the molecule is Sc1nc2ncc(Br)cc2o1. The van der Waals surface area contributed by atoms with Crippen molar-refractivity contribution in [2.24, 2.45) is 0 Å². The van der Waals surface area contributed by atoms with E-state index < -0.39 is 0 Å². The molecule has 0 aromatic carbocycles. The zero-order valence-corrected chi connectivity index (χ0v) is 7.76. The maximum atomic E-state index is 5.11. The molecule has 3 nitrogen and oxygen atoms in total. The van der Waals surface area contributed by atoms with Gasteiger partial charge in [-0.05, 0) is 15.9 Å². The Labute approximate surface area is 76.4 Å². The van der Waals surface area contributed by atoms with E-state index in [1.54, 1.807) is 12.3 Å². The number of thiol groups is 1. The summed E-state index contributed by atoms with van der Waals surface area (Å²) < 4.78 is 5.98. The van der Waals surface area contributed by atoms with Crippen LogP contribution in [-0.2, 0) is 0 Å². The van der Waals surface area contributed by atoms with E-state index in [2.05, 4.69) is 38.5 Å². The summed E-state index contributed by atoms with van der Waals surface area (Å²) in [6.45, 7) is 0. The maximum Gasteiger partial charge on any atom is 0.255 e. The van der Waals surface area contributed by atoms with Gasteiger partial charge in [-0.1, -0.05) is 12.6 Å². The molecule has 2 heterocycles. The maximum absolute atomic E-state index is 5.11. The molecule has 2 aromatic rings. The molecule has 56 valence electrons. The van der Waals surface area contributed by atoms with Crippen LogP contribution in [0, 0.1) is 0 Å². The van der Waals surface area contributed by atoms with Crippen LogP contribution in [0.25, 0.3) is 11.2 Å². The summed E-state index contributed by atoms with van der Waals surface area (Å²) >= 11 is 7.21. The average Bonchev–Trinajstić information content (AvgIpc) is 2.27. The predicted molar refractivity (Wildman–Crippen MR) is 46.8 cm³/mol. The Bertz CT molecular complexity index is 400. The molecule has 0 saturated heterocycles. The highest BCUT2D eigenvalue weighted by Crippen LogP contribution is 2.19. The number of hydrogen-bond donors (Lipinski definition) is 1. The lowest BCUT2D eigenvalue weighted by Crippen LogP contribution is -1.74. The molecule has 0 atom stereocenters. The number of nitrogens with zero attached hydrogens (tertiary/aromatic N) is 2. The summed E-state index contributed by atoms with van der Waals surface area (Å²) in [7, 11) is 0. The smallest absolute Gasteiger partial charge is 0.255 e. The Morgan fingerprint density at radius 1 is 1.55 bits per heavy atom. The standard InChI is InChI=1S/C6H3BrN2OS/c7-3-1-4-5(8-2-3)9-6(11)10-4/h1-2H,(H,8,9,11). The van der Waals surface area contributed by atoms with Gasteiger partial charge in [0.15, 0.2) is 11.2 Å². The fourth-order valence-corrected chi connectivity index (χ4v) is 1.29. The minimum atomic E-state index is 0.339. The lowest BCUT2D eigenvalue weighted by atomic mass is 10.5. The first-order chi connectivity index (χ1) is 5.25. The minimum Gasteiger partial charge on any atom is -0.430 e. The van der Waals surface area contributed by atoms with Crippen molar-refractivity contribution in [3.63, 3.8) is 0 Å². The molecule has 0 unspecified atom stereocenters. The van der Waals surface area contributed by atoms with E-state index in [-0.39, 0.29) is 0 Å². The third kappa shape index (κ3) is 1.25. The van der Waals surface area contributed by atoms with Crippen molar-refractivity contribution < 1.29 is 4.42 Å². The van der Waals surface area contributed by atoms with Crippen LogP contribution < -0.4 is 0 Å². The fourth-order valence-electron chi connectivity index (χ4n) is 0.784. The number of fused-ring (bicyclic) bond motifs is 1. The highest BCUT2D eigenvalue weighted by molar-refractivity contribution is 9.10. The number of aromatic nitrogens is 2. The Morgan fingerprint density at radius 2 is 2.36 bits per heavy atom. The second-order valence-corrected chi connectivity index (χ2v) is 3.27. The summed E-state index contributed by atoms with van der Waals surface area (Å²) in [6.07, 6.45) is 1.66. The Morgan fingerprint density at radius 3 is 3.18 bits per heavy atom. The van der Waals surface area contributed by atoms with Gasteiger partial charge in [-0.3, -0.25) is 0 Å². The highest BCUT2D eigenvalue weighted by atomic mass is 79.9. The number of rotatable bonds is 0. The number of hydrogen-bond acceptors (Lipinski definition) is 4. The van der Waals surface area contributed by atoms with Crippen molar-refractivity contribution >= 4 is 39.8 Å². The van der Waals surface area contributed by atoms with Crippen LogP contribution in [0.5, 0.6) is 0 Å². The molecule has 0 aliphatic rings. The predicted octanol–water partition coefficient (Wildman–Crippen LogP) is 2.27. The molecule has 0 saturated carbocycles. The van der Waals surface area contributed by atoms with Gasteiger partial charge in [-0.2, -0.15) is 4.98 Å². The van der Waals surface area contributed by atoms with Gasteiger partial charge in [-0.25, -0.2) is 4.98 Å². The normalized spacial score (nSPS) is 10.7. The van der Waals surface area contributed by atoms with Crippen LogP contribution >= 0.6 is 28.6 Å². The molecule has 11 heavy (non-hydrogen) atoms. The topological polar surface area (TPSA) is 38.9 Å². The highest BCUT2D eigenvalue weighted by Gasteiger charge is 2.02. The fraction of sp³-hybridized carbons (Fsp3) is 0. The van der Waals surface area contributed by atoms with Crippen molar-refractivity contribution in [1.82, 2.24) is 9.97 Å². The number of pyridine rings is 1. The van der Waals surface area contributed by atoms with E-state index in [1.807, 2.05) is 0 Å².